The first-order valence-electron chi connectivity index (χ1n) is 9.65. The van der Waals surface area contributed by atoms with Crippen LogP contribution in [0.25, 0.3) is 10.9 Å². The van der Waals surface area contributed by atoms with E-state index in [1.165, 1.54) is 0 Å². The summed E-state index contributed by atoms with van der Waals surface area (Å²) < 4.78 is 0. The van der Waals surface area contributed by atoms with Crippen molar-refractivity contribution in [3.63, 3.8) is 0 Å². The van der Waals surface area contributed by atoms with Crippen LogP contribution in [0.1, 0.15) is 18.2 Å². The molecule has 0 unspecified atom stereocenters. The lowest BCUT2D eigenvalue weighted by Crippen LogP contribution is -2.38. The molecule has 0 fully saturated rings. The van der Waals surface area contributed by atoms with Gasteiger partial charge in [0.05, 0.1) is 12.1 Å². The Labute approximate surface area is 189 Å². The van der Waals surface area contributed by atoms with Crippen LogP contribution in [0.3, 0.4) is 0 Å². The fraction of sp³-hybridized carbons (Fsp3) is 0.318. The lowest BCUT2D eigenvalue weighted by atomic mass is 10.1. The number of benzene rings is 1. The van der Waals surface area contributed by atoms with E-state index in [1.807, 2.05) is 61.6 Å². The van der Waals surface area contributed by atoms with Gasteiger partial charge < -0.3 is 15.5 Å². The molecule has 2 N–H and O–H groups in total. The third-order valence-electron chi connectivity index (χ3n) is 4.40. The molecule has 0 saturated carbocycles. The van der Waals surface area contributed by atoms with E-state index in [1.54, 1.807) is 0 Å². The van der Waals surface area contributed by atoms with Crippen molar-refractivity contribution >= 4 is 46.7 Å². The lowest BCUT2D eigenvalue weighted by Gasteiger charge is -2.15. The van der Waals surface area contributed by atoms with E-state index in [4.69, 9.17) is 9.98 Å². The monoisotopic (exact) mass is 504 g/mol. The molecule has 29 heavy (non-hydrogen) atoms. The summed E-state index contributed by atoms with van der Waals surface area (Å²) in [5, 5.41) is 7.85. The molecule has 3 rings (SSSR count). The molecule has 7 heteroatoms. The number of nitrogens with zero attached hydrogens (tertiary/aromatic N) is 4. The highest BCUT2D eigenvalue weighted by atomic mass is 127. The standard InChI is InChI=1S/C22H28N6.HI/c1-4-23-22(25-14-12-18-9-7-8-13-24-18)26-16-17-15-21(28(2)3)27-20-11-6-5-10-19(17)20;/h5-11,13,15H,4,12,14,16H2,1-3H3,(H2,23,25,26);1H. The van der Waals surface area contributed by atoms with Gasteiger partial charge in [0.2, 0.25) is 0 Å². The fourth-order valence-electron chi connectivity index (χ4n) is 2.95. The predicted octanol–water partition coefficient (Wildman–Crippen LogP) is 3.61. The zero-order valence-electron chi connectivity index (χ0n) is 17.2. The highest BCUT2D eigenvalue weighted by Crippen LogP contribution is 2.22. The van der Waals surface area contributed by atoms with Gasteiger partial charge in [-0.25, -0.2) is 9.98 Å². The highest BCUT2D eigenvalue weighted by Gasteiger charge is 2.07. The number of pyridine rings is 2. The molecule has 0 radical (unpaired) electrons. The molecule has 2 aromatic heterocycles. The number of halogens is 1. The van der Waals surface area contributed by atoms with Crippen molar-refractivity contribution in [1.29, 1.82) is 0 Å². The summed E-state index contributed by atoms with van der Waals surface area (Å²) in [6, 6.07) is 16.3. The van der Waals surface area contributed by atoms with Crippen LogP contribution >= 0.6 is 24.0 Å². The molecule has 1 aromatic carbocycles. The molecule has 0 atom stereocenters. The highest BCUT2D eigenvalue weighted by molar-refractivity contribution is 14.0. The molecule has 0 saturated heterocycles. The molecule has 2 heterocycles. The maximum Gasteiger partial charge on any atom is 0.191 e. The van der Waals surface area contributed by atoms with E-state index in [0.717, 1.165) is 53.4 Å². The van der Waals surface area contributed by atoms with Crippen LogP contribution in [0.4, 0.5) is 5.82 Å². The number of aromatic nitrogens is 2. The van der Waals surface area contributed by atoms with Crippen molar-refractivity contribution in [1.82, 2.24) is 20.6 Å². The summed E-state index contributed by atoms with van der Waals surface area (Å²) >= 11 is 0. The van der Waals surface area contributed by atoms with Crippen LogP contribution in [0.15, 0.2) is 59.7 Å². The lowest BCUT2D eigenvalue weighted by molar-refractivity contribution is 0.788. The van der Waals surface area contributed by atoms with Crippen LogP contribution in [-0.2, 0) is 13.0 Å². The minimum absolute atomic E-state index is 0. The van der Waals surface area contributed by atoms with Crippen LogP contribution < -0.4 is 15.5 Å². The number of nitrogens with one attached hydrogen (secondary N) is 2. The average molecular weight is 504 g/mol. The molecular formula is C22H29IN6. The first-order valence-corrected chi connectivity index (χ1v) is 9.65. The van der Waals surface area contributed by atoms with Gasteiger partial charge in [0, 0.05) is 50.9 Å². The summed E-state index contributed by atoms with van der Waals surface area (Å²) in [6.07, 6.45) is 2.68. The van der Waals surface area contributed by atoms with E-state index >= 15 is 0 Å². The third-order valence-corrected chi connectivity index (χ3v) is 4.40. The topological polar surface area (TPSA) is 65.4 Å². The maximum absolute atomic E-state index is 4.79. The van der Waals surface area contributed by atoms with Crippen molar-refractivity contribution < 1.29 is 0 Å². The zero-order valence-corrected chi connectivity index (χ0v) is 19.6. The molecule has 0 aliphatic carbocycles. The molecule has 6 nitrogen and oxygen atoms in total. The smallest absolute Gasteiger partial charge is 0.191 e. The number of rotatable bonds is 7. The van der Waals surface area contributed by atoms with Gasteiger partial charge >= 0.3 is 0 Å². The van der Waals surface area contributed by atoms with Gasteiger partial charge in [-0.1, -0.05) is 24.3 Å². The Morgan fingerprint density at radius 1 is 1.07 bits per heavy atom. The molecule has 154 valence electrons. The molecule has 0 aliphatic heterocycles. The normalized spacial score (nSPS) is 11.1. The number of fused-ring (bicyclic) bond motifs is 1. The Kier molecular flexibility index (Phi) is 9.11. The zero-order chi connectivity index (χ0) is 19.8. The number of hydrogen-bond donors (Lipinski definition) is 2. The Balaban J connectivity index is 0.00000300. The van der Waals surface area contributed by atoms with E-state index < -0.39 is 0 Å². The average Bonchev–Trinajstić information content (AvgIpc) is 2.72. The number of guanidine groups is 1. The molecule has 0 aliphatic rings. The van der Waals surface area contributed by atoms with E-state index in [-0.39, 0.29) is 24.0 Å². The second-order valence-electron chi connectivity index (χ2n) is 6.74. The van der Waals surface area contributed by atoms with Gasteiger partial charge in [-0.2, -0.15) is 0 Å². The minimum atomic E-state index is 0. The SMILES string of the molecule is CCNC(=NCc1cc(N(C)C)nc2ccccc12)NCCc1ccccn1.I. The fourth-order valence-corrected chi connectivity index (χ4v) is 2.95. The Morgan fingerprint density at radius 3 is 2.59 bits per heavy atom. The molecule has 0 bridgehead atoms. The quantitative estimate of drug-likeness (QED) is 0.293. The van der Waals surface area contributed by atoms with Crippen molar-refractivity contribution in [3.8, 4) is 0 Å². The van der Waals surface area contributed by atoms with Crippen LogP contribution in [0.2, 0.25) is 0 Å². The van der Waals surface area contributed by atoms with Gasteiger partial charge in [0.15, 0.2) is 5.96 Å². The summed E-state index contributed by atoms with van der Waals surface area (Å²) in [7, 11) is 4.01. The van der Waals surface area contributed by atoms with E-state index in [0.29, 0.717) is 6.54 Å². The molecular weight excluding hydrogens is 475 g/mol. The van der Waals surface area contributed by atoms with Gasteiger partial charge in [0.1, 0.15) is 5.82 Å². The van der Waals surface area contributed by atoms with E-state index in [2.05, 4.69) is 34.7 Å². The van der Waals surface area contributed by atoms with Crippen molar-refractivity contribution in [2.45, 2.75) is 19.9 Å². The third kappa shape index (κ3) is 6.56. The Morgan fingerprint density at radius 2 is 1.86 bits per heavy atom. The minimum Gasteiger partial charge on any atom is -0.363 e. The van der Waals surface area contributed by atoms with Crippen LogP contribution in [0.5, 0.6) is 0 Å². The summed E-state index contributed by atoms with van der Waals surface area (Å²) in [5.41, 5.74) is 3.23. The van der Waals surface area contributed by atoms with Gasteiger partial charge in [-0.15, -0.1) is 24.0 Å². The maximum atomic E-state index is 4.79. The number of aliphatic imine (C=N–C) groups is 1. The van der Waals surface area contributed by atoms with Crippen molar-refractivity contribution in [3.05, 3.63) is 66.0 Å². The molecule has 0 spiro atoms. The van der Waals surface area contributed by atoms with Gasteiger partial charge in [-0.3, -0.25) is 4.98 Å². The summed E-state index contributed by atoms with van der Waals surface area (Å²) in [6.45, 7) is 4.25. The first kappa shape index (κ1) is 22.9. The first-order chi connectivity index (χ1) is 13.7. The molecule has 0 amide bonds. The van der Waals surface area contributed by atoms with Gasteiger partial charge in [0.25, 0.3) is 0 Å². The number of anilines is 1. The second-order valence-corrected chi connectivity index (χ2v) is 6.74. The van der Waals surface area contributed by atoms with E-state index in [9.17, 15) is 0 Å². The Hall–Kier alpha value is -2.42. The van der Waals surface area contributed by atoms with Crippen LogP contribution in [0, 0.1) is 0 Å². The number of hydrogen-bond acceptors (Lipinski definition) is 4. The van der Waals surface area contributed by atoms with Crippen molar-refractivity contribution in [2.75, 3.05) is 32.1 Å². The Bertz CT molecular complexity index is 927. The summed E-state index contributed by atoms with van der Waals surface area (Å²) in [5.74, 6) is 1.75. The predicted molar refractivity (Wildman–Crippen MR) is 132 cm³/mol. The summed E-state index contributed by atoms with van der Waals surface area (Å²) in [4.78, 5) is 15.9. The second kappa shape index (κ2) is 11.5. The number of para-hydroxylation sites is 1. The van der Waals surface area contributed by atoms with Crippen LogP contribution in [-0.4, -0.2) is 43.1 Å². The van der Waals surface area contributed by atoms with Gasteiger partial charge in [-0.05, 0) is 36.8 Å². The molecule has 3 aromatic rings. The van der Waals surface area contributed by atoms with Crippen molar-refractivity contribution in [2.24, 2.45) is 4.99 Å². The largest absolute Gasteiger partial charge is 0.363 e.